The molecule has 4 aromatic rings. The van der Waals surface area contributed by atoms with Gasteiger partial charge >= 0.3 is 0 Å². The Kier molecular flexibility index (Phi) is 4.54. The van der Waals surface area contributed by atoms with Crippen molar-refractivity contribution in [1.29, 1.82) is 0 Å². The molecule has 3 aromatic heterocycles. The molecule has 1 aliphatic rings. The smallest absolute Gasteiger partial charge is 0.272 e. The van der Waals surface area contributed by atoms with Crippen LogP contribution in [0.15, 0.2) is 45.0 Å². The molecule has 1 unspecified atom stereocenters. The van der Waals surface area contributed by atoms with Crippen molar-refractivity contribution in [2.24, 2.45) is 7.05 Å². The molecule has 0 aliphatic carbocycles. The molecule has 144 valence electrons. The molecule has 1 saturated heterocycles. The number of aryl methyl sites for hydroxylation is 1. The molecule has 0 saturated carbocycles. The van der Waals surface area contributed by atoms with E-state index < -0.39 is 0 Å². The van der Waals surface area contributed by atoms with Crippen molar-refractivity contribution >= 4 is 43.3 Å². The summed E-state index contributed by atoms with van der Waals surface area (Å²) in [4.78, 5) is 14.8. The van der Waals surface area contributed by atoms with Crippen molar-refractivity contribution in [3.8, 4) is 0 Å². The number of morpholine rings is 1. The van der Waals surface area contributed by atoms with Crippen molar-refractivity contribution in [2.45, 2.75) is 12.6 Å². The second-order valence-corrected chi connectivity index (χ2v) is 8.73. The molecular formula is C19H18BrN5O2S. The quantitative estimate of drug-likeness (QED) is 0.471. The Bertz CT molecular complexity index is 1230. The lowest BCUT2D eigenvalue weighted by atomic mass is 10.1. The first-order valence-corrected chi connectivity index (χ1v) is 10.7. The number of aromatic nitrogens is 4. The predicted octanol–water partition coefficient (Wildman–Crippen LogP) is 2.98. The zero-order valence-corrected chi connectivity index (χ0v) is 17.6. The minimum atomic E-state index is -0.0301. The summed E-state index contributed by atoms with van der Waals surface area (Å²) in [6.07, 6.45) is 0.0240. The molecule has 1 atom stereocenters. The van der Waals surface area contributed by atoms with Crippen LogP contribution in [0.5, 0.6) is 0 Å². The normalized spacial score (nSPS) is 18.3. The third-order valence-electron chi connectivity index (χ3n) is 5.13. The zero-order chi connectivity index (χ0) is 19.3. The predicted molar refractivity (Wildman–Crippen MR) is 112 cm³/mol. The minimum Gasteiger partial charge on any atom is -0.371 e. The number of hydrogen-bond donors (Lipinski definition) is 0. The first-order valence-electron chi connectivity index (χ1n) is 9.01. The van der Waals surface area contributed by atoms with Gasteiger partial charge in [0.1, 0.15) is 4.70 Å². The summed E-state index contributed by atoms with van der Waals surface area (Å²) in [5, 5.41) is 10.6. The van der Waals surface area contributed by atoms with Crippen molar-refractivity contribution in [3.63, 3.8) is 0 Å². The van der Waals surface area contributed by atoms with E-state index in [9.17, 15) is 4.79 Å². The van der Waals surface area contributed by atoms with Crippen LogP contribution in [-0.4, -0.2) is 43.8 Å². The summed E-state index contributed by atoms with van der Waals surface area (Å²) in [7, 11) is 1.74. The Hall–Kier alpha value is -2.07. The molecule has 0 amide bonds. The highest BCUT2D eigenvalue weighted by molar-refractivity contribution is 9.10. The van der Waals surface area contributed by atoms with Gasteiger partial charge < -0.3 is 4.74 Å². The fraction of sp³-hybridized carbons (Fsp3) is 0.316. The molecule has 5 rings (SSSR count). The van der Waals surface area contributed by atoms with E-state index in [0.29, 0.717) is 18.9 Å². The highest BCUT2D eigenvalue weighted by Crippen LogP contribution is 2.26. The Morgan fingerprint density at radius 2 is 2.21 bits per heavy atom. The first-order chi connectivity index (χ1) is 13.6. The monoisotopic (exact) mass is 459 g/mol. The molecule has 4 heterocycles. The van der Waals surface area contributed by atoms with Gasteiger partial charge in [-0.05, 0) is 29.1 Å². The molecule has 0 spiro atoms. The van der Waals surface area contributed by atoms with E-state index in [1.165, 1.54) is 11.3 Å². The topological polar surface area (TPSA) is 64.7 Å². The van der Waals surface area contributed by atoms with Gasteiger partial charge in [0.15, 0.2) is 5.82 Å². The van der Waals surface area contributed by atoms with E-state index in [0.717, 1.165) is 39.2 Å². The first kappa shape index (κ1) is 18.0. The number of fused-ring (bicyclic) bond motifs is 3. The Morgan fingerprint density at radius 3 is 3.07 bits per heavy atom. The van der Waals surface area contributed by atoms with E-state index >= 15 is 0 Å². The van der Waals surface area contributed by atoms with Crippen LogP contribution in [0.4, 0.5) is 0 Å². The third kappa shape index (κ3) is 2.98. The van der Waals surface area contributed by atoms with Crippen LogP contribution in [0.25, 0.3) is 16.0 Å². The summed E-state index contributed by atoms with van der Waals surface area (Å²) >= 11 is 4.99. The third-order valence-corrected chi connectivity index (χ3v) is 6.52. The fourth-order valence-electron chi connectivity index (χ4n) is 3.71. The van der Waals surface area contributed by atoms with Gasteiger partial charge in [0.05, 0.1) is 24.8 Å². The summed E-state index contributed by atoms with van der Waals surface area (Å²) in [5.41, 5.74) is 2.00. The summed E-state index contributed by atoms with van der Waals surface area (Å²) < 4.78 is 11.3. The van der Waals surface area contributed by atoms with Gasteiger partial charge in [0, 0.05) is 24.6 Å². The highest BCUT2D eigenvalue weighted by atomic mass is 79.9. The van der Waals surface area contributed by atoms with Crippen molar-refractivity contribution in [3.05, 3.63) is 61.9 Å². The number of rotatable bonds is 3. The molecule has 1 aromatic carbocycles. The van der Waals surface area contributed by atoms with E-state index in [2.05, 4.69) is 43.2 Å². The van der Waals surface area contributed by atoms with E-state index in [-0.39, 0.29) is 11.7 Å². The van der Waals surface area contributed by atoms with Crippen LogP contribution >= 0.6 is 27.3 Å². The molecule has 0 radical (unpaired) electrons. The van der Waals surface area contributed by atoms with Gasteiger partial charge in [0.25, 0.3) is 5.56 Å². The highest BCUT2D eigenvalue weighted by Gasteiger charge is 2.24. The van der Waals surface area contributed by atoms with Gasteiger partial charge in [-0.1, -0.05) is 28.1 Å². The minimum absolute atomic E-state index is 0.0240. The molecule has 1 aliphatic heterocycles. The fourth-order valence-corrected chi connectivity index (χ4v) is 4.98. The lowest BCUT2D eigenvalue weighted by Gasteiger charge is -2.32. The number of halogens is 1. The van der Waals surface area contributed by atoms with Gasteiger partial charge in [-0.25, -0.2) is 0 Å². The summed E-state index contributed by atoms with van der Waals surface area (Å²) in [6.45, 7) is 2.93. The van der Waals surface area contributed by atoms with Gasteiger partial charge in [-0.15, -0.1) is 21.5 Å². The van der Waals surface area contributed by atoms with E-state index in [1.807, 2.05) is 28.0 Å². The molecular weight excluding hydrogens is 442 g/mol. The van der Waals surface area contributed by atoms with E-state index in [1.54, 1.807) is 11.6 Å². The number of hydrogen-bond acceptors (Lipinski definition) is 6. The lowest BCUT2D eigenvalue weighted by molar-refractivity contribution is -0.0337. The number of ether oxygens (including phenoxy) is 1. The molecule has 28 heavy (non-hydrogen) atoms. The maximum Gasteiger partial charge on any atom is 0.272 e. The van der Waals surface area contributed by atoms with Crippen molar-refractivity contribution < 1.29 is 4.74 Å². The second-order valence-electron chi connectivity index (χ2n) is 6.90. The van der Waals surface area contributed by atoms with Crippen LogP contribution in [0, 0.1) is 0 Å². The molecule has 0 bridgehead atoms. The Morgan fingerprint density at radius 1 is 1.32 bits per heavy atom. The lowest BCUT2D eigenvalue weighted by Crippen LogP contribution is -2.38. The number of nitrogens with zero attached hydrogens (tertiary/aromatic N) is 5. The van der Waals surface area contributed by atoms with Crippen LogP contribution in [0.1, 0.15) is 17.5 Å². The van der Waals surface area contributed by atoms with Gasteiger partial charge in [0.2, 0.25) is 5.78 Å². The van der Waals surface area contributed by atoms with Gasteiger partial charge in [-0.3, -0.25) is 18.7 Å². The Balaban J connectivity index is 1.48. The van der Waals surface area contributed by atoms with Gasteiger partial charge in [-0.2, -0.15) is 0 Å². The summed E-state index contributed by atoms with van der Waals surface area (Å²) in [6, 6.07) is 10.2. The number of benzene rings is 1. The van der Waals surface area contributed by atoms with E-state index in [4.69, 9.17) is 4.74 Å². The summed E-state index contributed by atoms with van der Waals surface area (Å²) in [5.74, 6) is 1.41. The molecule has 1 fully saturated rings. The number of thiophene rings is 1. The van der Waals surface area contributed by atoms with Crippen molar-refractivity contribution in [2.75, 3.05) is 19.7 Å². The average Bonchev–Trinajstić information content (AvgIpc) is 3.33. The Labute approximate surface area is 173 Å². The average molecular weight is 460 g/mol. The molecule has 9 heteroatoms. The van der Waals surface area contributed by atoms with Crippen LogP contribution < -0.4 is 5.56 Å². The molecule has 0 N–H and O–H groups in total. The van der Waals surface area contributed by atoms with Crippen LogP contribution in [-0.2, 0) is 18.3 Å². The van der Waals surface area contributed by atoms with Crippen LogP contribution in [0.3, 0.4) is 0 Å². The van der Waals surface area contributed by atoms with Crippen molar-refractivity contribution in [1.82, 2.24) is 24.1 Å². The van der Waals surface area contributed by atoms with Crippen LogP contribution in [0.2, 0.25) is 0 Å². The maximum absolute atomic E-state index is 12.5. The standard InChI is InChI=1S/C19H18BrN5O2S/c1-23-18(26)17-14(5-8-28-17)25-16(21-22-19(23)25)11-24-6-7-27-15(10-24)12-3-2-4-13(20)9-12/h2-5,8-9,15H,6-7,10-11H2,1H3. The SMILES string of the molecule is Cn1c(=O)c2sccc2n2c(CN3CCOC(c4cccc(Br)c4)C3)nnc12. The largest absolute Gasteiger partial charge is 0.371 e. The maximum atomic E-state index is 12.5. The molecule has 7 nitrogen and oxygen atoms in total. The second kappa shape index (κ2) is 7.07. The zero-order valence-electron chi connectivity index (χ0n) is 15.2.